The highest BCUT2D eigenvalue weighted by molar-refractivity contribution is 6.21. The molecule has 1 aromatic carbocycles. The van der Waals surface area contributed by atoms with E-state index in [1.807, 2.05) is 0 Å². The number of allylic oxidation sites excluding steroid dienone is 1. The van der Waals surface area contributed by atoms with Crippen LogP contribution in [0.1, 0.15) is 74.6 Å². The molecule has 170 valence electrons. The minimum absolute atomic E-state index is 0.306. The summed E-state index contributed by atoms with van der Waals surface area (Å²) in [6.07, 6.45) is 2.57. The number of nitrogens with zero attached hydrogens (tertiary/aromatic N) is 1. The number of rotatable bonds is 9. The summed E-state index contributed by atoms with van der Waals surface area (Å²) >= 11 is 0. The maximum Gasteiger partial charge on any atom is 0.409 e. The maximum absolute atomic E-state index is 14.2. The van der Waals surface area contributed by atoms with Crippen molar-refractivity contribution in [3.8, 4) is 0 Å². The van der Waals surface area contributed by atoms with Gasteiger partial charge in [-0.25, -0.2) is 9.18 Å². The van der Waals surface area contributed by atoms with Crippen molar-refractivity contribution in [3.05, 3.63) is 47.3 Å². The van der Waals surface area contributed by atoms with Crippen LogP contribution in [0.3, 0.4) is 0 Å². The van der Waals surface area contributed by atoms with Crippen LogP contribution in [0.15, 0.2) is 36.2 Å². The molecule has 1 aliphatic rings. The molecule has 0 bridgehead atoms. The summed E-state index contributed by atoms with van der Waals surface area (Å²) in [4.78, 5) is 37.3. The lowest BCUT2D eigenvalue weighted by atomic mass is 10.1. The largest absolute Gasteiger partial charge is 0.444 e. The molecule has 0 atom stereocenters. The Labute approximate surface area is 182 Å². The highest BCUT2D eigenvalue weighted by Crippen LogP contribution is 2.23. The Hall–Kier alpha value is -2.74. The Morgan fingerprint density at radius 2 is 1.65 bits per heavy atom. The van der Waals surface area contributed by atoms with Gasteiger partial charge < -0.3 is 9.47 Å². The molecule has 0 saturated carbocycles. The molecule has 0 aliphatic carbocycles. The first-order valence-electron chi connectivity index (χ1n) is 10.3. The SMILES string of the molecule is CC(C)(C)OC(=O)NC(C)(C)OCCCC/C=C(\F)CN1C(=O)c2ccccc2C1=O. The Bertz CT molecular complexity index is 823. The van der Waals surface area contributed by atoms with E-state index in [2.05, 4.69) is 5.32 Å². The Morgan fingerprint density at radius 1 is 1.06 bits per heavy atom. The van der Waals surface area contributed by atoms with Crippen LogP contribution in [0.2, 0.25) is 0 Å². The van der Waals surface area contributed by atoms with E-state index in [0.29, 0.717) is 37.0 Å². The maximum atomic E-state index is 14.2. The number of imide groups is 1. The third kappa shape index (κ3) is 7.47. The average Bonchev–Trinajstić information content (AvgIpc) is 2.87. The fraction of sp³-hybridized carbons (Fsp3) is 0.522. The van der Waals surface area contributed by atoms with Crippen LogP contribution in [-0.2, 0) is 9.47 Å². The number of ether oxygens (including phenoxy) is 2. The van der Waals surface area contributed by atoms with Gasteiger partial charge in [-0.15, -0.1) is 0 Å². The van der Waals surface area contributed by atoms with E-state index in [0.717, 1.165) is 4.90 Å². The molecule has 0 unspecified atom stereocenters. The lowest BCUT2D eigenvalue weighted by molar-refractivity contribution is -0.0493. The van der Waals surface area contributed by atoms with Gasteiger partial charge in [-0.1, -0.05) is 18.2 Å². The molecule has 2 rings (SSSR count). The lowest BCUT2D eigenvalue weighted by Gasteiger charge is -2.28. The lowest BCUT2D eigenvalue weighted by Crippen LogP contribution is -2.47. The van der Waals surface area contributed by atoms with Gasteiger partial charge in [-0.05, 0) is 66.0 Å². The molecule has 8 heteroatoms. The zero-order valence-electron chi connectivity index (χ0n) is 18.8. The second-order valence-electron chi connectivity index (χ2n) is 8.87. The molecule has 0 saturated heterocycles. The third-order valence-corrected chi connectivity index (χ3v) is 4.42. The van der Waals surface area contributed by atoms with Gasteiger partial charge in [0.25, 0.3) is 11.8 Å². The number of carbonyl (C=O) groups excluding carboxylic acids is 3. The summed E-state index contributed by atoms with van der Waals surface area (Å²) in [5, 5.41) is 2.65. The van der Waals surface area contributed by atoms with Crippen LogP contribution < -0.4 is 5.32 Å². The number of halogens is 1. The zero-order valence-corrected chi connectivity index (χ0v) is 18.8. The molecule has 3 amide bonds. The summed E-state index contributed by atoms with van der Waals surface area (Å²) in [5.74, 6) is -1.48. The average molecular weight is 435 g/mol. The topological polar surface area (TPSA) is 84.9 Å². The molecule has 31 heavy (non-hydrogen) atoms. The van der Waals surface area contributed by atoms with Crippen LogP contribution in [0.25, 0.3) is 0 Å². The van der Waals surface area contributed by atoms with Crippen molar-refractivity contribution in [2.24, 2.45) is 0 Å². The van der Waals surface area contributed by atoms with E-state index in [1.54, 1.807) is 58.9 Å². The Morgan fingerprint density at radius 3 is 2.19 bits per heavy atom. The number of carbonyl (C=O) groups is 3. The van der Waals surface area contributed by atoms with Crippen molar-refractivity contribution in [3.63, 3.8) is 0 Å². The molecule has 0 fully saturated rings. The zero-order chi connectivity index (χ0) is 23.2. The molecule has 0 radical (unpaired) electrons. The summed E-state index contributed by atoms with van der Waals surface area (Å²) in [6.45, 7) is 8.79. The number of hydrogen-bond acceptors (Lipinski definition) is 5. The third-order valence-electron chi connectivity index (χ3n) is 4.42. The molecule has 7 nitrogen and oxygen atoms in total. The normalized spacial score (nSPS) is 14.6. The summed E-state index contributed by atoms with van der Waals surface area (Å²) in [7, 11) is 0. The quantitative estimate of drug-likeness (QED) is 0.349. The Kier molecular flexibility index (Phi) is 7.95. The molecular formula is C23H31FN2O5. The van der Waals surface area contributed by atoms with Crippen molar-refractivity contribution in [2.75, 3.05) is 13.2 Å². The highest BCUT2D eigenvalue weighted by atomic mass is 19.1. The second-order valence-corrected chi connectivity index (χ2v) is 8.87. The number of benzene rings is 1. The summed E-state index contributed by atoms with van der Waals surface area (Å²) in [6, 6.07) is 6.48. The number of fused-ring (bicyclic) bond motifs is 1. The first kappa shape index (κ1) is 24.5. The summed E-state index contributed by atoms with van der Waals surface area (Å²) < 4.78 is 25.1. The predicted octanol–water partition coefficient (Wildman–Crippen LogP) is 4.58. The molecule has 1 aliphatic heterocycles. The molecule has 1 heterocycles. The number of hydrogen-bond donors (Lipinski definition) is 1. The van der Waals surface area contributed by atoms with Gasteiger partial charge in [0.15, 0.2) is 0 Å². The molecule has 0 aromatic heterocycles. The molecule has 1 aromatic rings. The van der Waals surface area contributed by atoms with E-state index < -0.39 is 35.1 Å². The van der Waals surface area contributed by atoms with E-state index in [4.69, 9.17) is 9.47 Å². The monoisotopic (exact) mass is 434 g/mol. The number of alkyl carbamates (subject to hydrolysis) is 1. The van der Waals surface area contributed by atoms with Gasteiger partial charge in [0.2, 0.25) is 0 Å². The van der Waals surface area contributed by atoms with Crippen molar-refractivity contribution in [2.45, 2.75) is 65.2 Å². The summed E-state index contributed by atoms with van der Waals surface area (Å²) in [5.41, 5.74) is -0.876. The highest BCUT2D eigenvalue weighted by Gasteiger charge is 2.35. The van der Waals surface area contributed by atoms with Gasteiger partial charge in [-0.3, -0.25) is 19.8 Å². The van der Waals surface area contributed by atoms with Crippen molar-refractivity contribution in [1.82, 2.24) is 10.2 Å². The number of nitrogens with one attached hydrogen (secondary N) is 1. The van der Waals surface area contributed by atoms with E-state index in [-0.39, 0.29) is 6.54 Å². The smallest absolute Gasteiger partial charge is 0.409 e. The van der Waals surface area contributed by atoms with Gasteiger partial charge in [0.05, 0.1) is 17.7 Å². The van der Waals surface area contributed by atoms with Crippen molar-refractivity contribution >= 4 is 17.9 Å². The number of unbranched alkanes of at least 4 members (excludes halogenated alkanes) is 2. The van der Waals surface area contributed by atoms with Gasteiger partial charge in [0, 0.05) is 6.61 Å². The van der Waals surface area contributed by atoms with Crippen molar-refractivity contribution < 1.29 is 28.2 Å². The van der Waals surface area contributed by atoms with Crippen LogP contribution in [0.4, 0.5) is 9.18 Å². The van der Waals surface area contributed by atoms with E-state index in [9.17, 15) is 18.8 Å². The Balaban J connectivity index is 1.70. The van der Waals surface area contributed by atoms with Gasteiger partial charge in [0.1, 0.15) is 17.2 Å². The van der Waals surface area contributed by atoms with Crippen LogP contribution in [-0.4, -0.2) is 47.3 Å². The van der Waals surface area contributed by atoms with E-state index >= 15 is 0 Å². The second kappa shape index (κ2) is 10.0. The van der Waals surface area contributed by atoms with E-state index in [1.165, 1.54) is 6.08 Å². The molecular weight excluding hydrogens is 403 g/mol. The van der Waals surface area contributed by atoms with Crippen molar-refractivity contribution in [1.29, 1.82) is 0 Å². The van der Waals surface area contributed by atoms with Crippen LogP contribution in [0.5, 0.6) is 0 Å². The molecule has 1 N–H and O–H groups in total. The fourth-order valence-corrected chi connectivity index (χ4v) is 3.02. The van der Waals surface area contributed by atoms with Gasteiger partial charge >= 0.3 is 6.09 Å². The predicted molar refractivity (Wildman–Crippen MR) is 114 cm³/mol. The standard InChI is InChI=1S/C23H31FN2O5/c1-22(2,3)31-21(29)25-23(4,5)30-14-10-6-7-11-16(24)15-26-19(27)17-12-8-9-13-18(17)20(26)28/h8-9,11-13H,6-7,10,14-15H2,1-5H3,(H,25,29)/b16-11-. The minimum Gasteiger partial charge on any atom is -0.444 e. The van der Waals surface area contributed by atoms with Gasteiger partial charge in [-0.2, -0.15) is 0 Å². The minimum atomic E-state index is -0.894. The fourth-order valence-electron chi connectivity index (χ4n) is 3.02. The molecule has 0 spiro atoms. The first-order valence-corrected chi connectivity index (χ1v) is 10.3. The number of amides is 3. The van der Waals surface area contributed by atoms with Crippen LogP contribution in [0, 0.1) is 0 Å². The van der Waals surface area contributed by atoms with Crippen LogP contribution >= 0.6 is 0 Å². The first-order chi connectivity index (χ1) is 14.4.